The highest BCUT2D eigenvalue weighted by Crippen LogP contribution is 2.23. The van der Waals surface area contributed by atoms with E-state index in [0.717, 1.165) is 36.0 Å². The van der Waals surface area contributed by atoms with Crippen LogP contribution in [0.25, 0.3) is 0 Å². The van der Waals surface area contributed by atoms with Gasteiger partial charge in [-0.25, -0.2) is 0 Å². The van der Waals surface area contributed by atoms with Crippen LogP contribution in [0.1, 0.15) is 48.5 Å². The fraction of sp³-hybridized carbons (Fsp3) is 0.600. The van der Waals surface area contributed by atoms with Crippen molar-refractivity contribution in [1.29, 1.82) is 0 Å². The second kappa shape index (κ2) is 11.4. The minimum atomic E-state index is 0. The number of halogens is 1. The normalized spacial score (nSPS) is 20.1. The highest BCUT2D eigenvalue weighted by Gasteiger charge is 2.19. The third kappa shape index (κ3) is 7.13. The first-order valence-electron chi connectivity index (χ1n) is 9.27. The van der Waals surface area contributed by atoms with Gasteiger partial charge < -0.3 is 15.5 Å². The third-order valence-electron chi connectivity index (χ3n) is 4.79. The molecule has 0 radical (unpaired) electrons. The Labute approximate surface area is 175 Å². The van der Waals surface area contributed by atoms with Gasteiger partial charge >= 0.3 is 0 Å². The van der Waals surface area contributed by atoms with Gasteiger partial charge in [0.05, 0.1) is 0 Å². The molecule has 1 aliphatic carbocycles. The Morgan fingerprint density at radius 1 is 1.31 bits per heavy atom. The highest BCUT2D eigenvalue weighted by molar-refractivity contribution is 14.0. The maximum absolute atomic E-state index is 12.1. The number of rotatable bonds is 5. The molecule has 26 heavy (non-hydrogen) atoms. The maximum Gasteiger partial charge on any atom is 0.253 e. The second-order valence-corrected chi connectivity index (χ2v) is 7.26. The molecule has 0 heterocycles. The Balaban J connectivity index is 0.00000338. The monoisotopic (exact) mass is 472 g/mol. The van der Waals surface area contributed by atoms with E-state index < -0.39 is 0 Å². The number of carbonyl (C=O) groups is 1. The molecule has 6 heteroatoms. The zero-order valence-electron chi connectivity index (χ0n) is 16.4. The van der Waals surface area contributed by atoms with E-state index >= 15 is 0 Å². The number of aliphatic imine (C=N–C) groups is 1. The molecule has 1 amide bonds. The fourth-order valence-corrected chi connectivity index (χ4v) is 3.40. The molecule has 146 valence electrons. The van der Waals surface area contributed by atoms with Crippen molar-refractivity contribution in [3.05, 3.63) is 35.4 Å². The van der Waals surface area contributed by atoms with Crippen LogP contribution in [-0.4, -0.2) is 50.5 Å². The van der Waals surface area contributed by atoms with Crippen molar-refractivity contribution in [2.75, 3.05) is 27.7 Å². The first-order valence-corrected chi connectivity index (χ1v) is 9.27. The summed E-state index contributed by atoms with van der Waals surface area (Å²) >= 11 is 0. The lowest BCUT2D eigenvalue weighted by Crippen LogP contribution is -2.45. The fourth-order valence-electron chi connectivity index (χ4n) is 3.40. The SMILES string of the molecule is CN=C(NCCc1cccc(C(=O)N(C)C)c1)NC1CCCC(C)C1.I. The van der Waals surface area contributed by atoms with E-state index in [1.165, 1.54) is 25.7 Å². The number of amides is 1. The van der Waals surface area contributed by atoms with Crippen LogP contribution in [0.2, 0.25) is 0 Å². The molecule has 1 fully saturated rings. The van der Waals surface area contributed by atoms with Crippen LogP contribution in [0, 0.1) is 5.92 Å². The molecule has 2 atom stereocenters. The molecule has 0 bridgehead atoms. The van der Waals surface area contributed by atoms with Crippen LogP contribution in [0.4, 0.5) is 0 Å². The van der Waals surface area contributed by atoms with E-state index in [1.54, 1.807) is 19.0 Å². The van der Waals surface area contributed by atoms with Gasteiger partial charge in [-0.2, -0.15) is 0 Å². The van der Waals surface area contributed by atoms with Crippen LogP contribution < -0.4 is 10.6 Å². The van der Waals surface area contributed by atoms with Gasteiger partial charge in [-0.15, -0.1) is 24.0 Å². The zero-order valence-corrected chi connectivity index (χ0v) is 18.7. The number of nitrogens with zero attached hydrogens (tertiary/aromatic N) is 2. The van der Waals surface area contributed by atoms with Crippen molar-refractivity contribution in [2.45, 2.75) is 45.1 Å². The largest absolute Gasteiger partial charge is 0.356 e. The molecule has 2 rings (SSSR count). The molecule has 2 unspecified atom stereocenters. The highest BCUT2D eigenvalue weighted by atomic mass is 127. The summed E-state index contributed by atoms with van der Waals surface area (Å²) in [4.78, 5) is 18.0. The average Bonchev–Trinajstić information content (AvgIpc) is 2.60. The van der Waals surface area contributed by atoms with Crippen molar-refractivity contribution in [1.82, 2.24) is 15.5 Å². The number of hydrogen-bond acceptors (Lipinski definition) is 2. The van der Waals surface area contributed by atoms with Crippen LogP contribution in [0.3, 0.4) is 0 Å². The summed E-state index contributed by atoms with van der Waals surface area (Å²) in [7, 11) is 5.37. The summed E-state index contributed by atoms with van der Waals surface area (Å²) in [5.74, 6) is 1.71. The molecular weight excluding hydrogens is 439 g/mol. The smallest absolute Gasteiger partial charge is 0.253 e. The van der Waals surface area contributed by atoms with Gasteiger partial charge in [0.15, 0.2) is 5.96 Å². The quantitative estimate of drug-likeness (QED) is 0.393. The molecule has 0 spiro atoms. The van der Waals surface area contributed by atoms with E-state index in [-0.39, 0.29) is 29.9 Å². The van der Waals surface area contributed by atoms with Crippen molar-refractivity contribution in [2.24, 2.45) is 10.9 Å². The van der Waals surface area contributed by atoms with Crippen LogP contribution >= 0.6 is 24.0 Å². The lowest BCUT2D eigenvalue weighted by molar-refractivity contribution is 0.0827. The van der Waals surface area contributed by atoms with Gasteiger partial charge in [0.2, 0.25) is 0 Å². The first kappa shape index (κ1) is 22.7. The Hall–Kier alpha value is -1.31. The number of hydrogen-bond donors (Lipinski definition) is 2. The third-order valence-corrected chi connectivity index (χ3v) is 4.79. The van der Waals surface area contributed by atoms with Gasteiger partial charge in [0.1, 0.15) is 0 Å². The Morgan fingerprint density at radius 2 is 2.08 bits per heavy atom. The predicted molar refractivity (Wildman–Crippen MR) is 119 cm³/mol. The Kier molecular flexibility index (Phi) is 9.98. The molecule has 0 aliphatic heterocycles. The van der Waals surface area contributed by atoms with E-state index in [0.29, 0.717) is 6.04 Å². The lowest BCUT2D eigenvalue weighted by Gasteiger charge is -2.28. The van der Waals surface area contributed by atoms with Crippen LogP contribution in [0.5, 0.6) is 0 Å². The predicted octanol–water partition coefficient (Wildman–Crippen LogP) is 3.29. The minimum Gasteiger partial charge on any atom is -0.356 e. The summed E-state index contributed by atoms with van der Waals surface area (Å²) in [5.41, 5.74) is 1.89. The van der Waals surface area contributed by atoms with Crippen molar-refractivity contribution < 1.29 is 4.79 Å². The summed E-state index contributed by atoms with van der Waals surface area (Å²) in [5, 5.41) is 6.94. The number of benzene rings is 1. The van der Waals surface area contributed by atoms with E-state index in [2.05, 4.69) is 28.6 Å². The molecule has 1 aromatic rings. The molecule has 2 N–H and O–H groups in total. The lowest BCUT2D eigenvalue weighted by atomic mass is 9.87. The number of guanidine groups is 1. The maximum atomic E-state index is 12.1. The molecule has 1 aromatic carbocycles. The second-order valence-electron chi connectivity index (χ2n) is 7.26. The van der Waals surface area contributed by atoms with Gasteiger partial charge in [-0.05, 0) is 42.9 Å². The standard InChI is InChI=1S/C20H32N4O.HI/c1-15-7-5-10-18(13-15)23-20(21-2)22-12-11-16-8-6-9-17(14-16)19(25)24(3)4;/h6,8-9,14-15,18H,5,7,10-13H2,1-4H3,(H2,21,22,23);1H. The van der Waals surface area contributed by atoms with Crippen LogP contribution in [0.15, 0.2) is 29.3 Å². The minimum absolute atomic E-state index is 0. The van der Waals surface area contributed by atoms with E-state index in [4.69, 9.17) is 0 Å². The summed E-state index contributed by atoms with van der Waals surface area (Å²) < 4.78 is 0. The Bertz CT molecular complexity index is 603. The Morgan fingerprint density at radius 3 is 2.73 bits per heavy atom. The zero-order chi connectivity index (χ0) is 18.2. The number of nitrogens with one attached hydrogen (secondary N) is 2. The molecule has 0 saturated heterocycles. The summed E-state index contributed by atoms with van der Waals surface area (Å²) in [6, 6.07) is 8.37. The molecule has 5 nitrogen and oxygen atoms in total. The first-order chi connectivity index (χ1) is 12.0. The summed E-state index contributed by atoms with van der Waals surface area (Å²) in [6.45, 7) is 3.12. The van der Waals surface area contributed by atoms with Crippen molar-refractivity contribution in [3.8, 4) is 0 Å². The topological polar surface area (TPSA) is 56.7 Å². The van der Waals surface area contributed by atoms with E-state index in [1.807, 2.05) is 25.2 Å². The average molecular weight is 472 g/mol. The summed E-state index contributed by atoms with van der Waals surface area (Å²) in [6.07, 6.45) is 5.93. The molecule has 1 saturated carbocycles. The van der Waals surface area contributed by atoms with Crippen LogP contribution in [-0.2, 0) is 6.42 Å². The van der Waals surface area contributed by atoms with Crippen molar-refractivity contribution >= 4 is 35.8 Å². The van der Waals surface area contributed by atoms with Crippen molar-refractivity contribution in [3.63, 3.8) is 0 Å². The van der Waals surface area contributed by atoms with E-state index in [9.17, 15) is 4.79 Å². The van der Waals surface area contributed by atoms with Gasteiger partial charge in [0.25, 0.3) is 5.91 Å². The molecule has 0 aromatic heterocycles. The van der Waals surface area contributed by atoms with Gasteiger partial charge in [-0.1, -0.05) is 31.9 Å². The molecule has 1 aliphatic rings. The number of carbonyl (C=O) groups excluding carboxylic acids is 1. The van der Waals surface area contributed by atoms with Gasteiger partial charge in [0, 0.05) is 39.3 Å². The molecular formula is C20H33IN4O. The van der Waals surface area contributed by atoms with Gasteiger partial charge in [-0.3, -0.25) is 9.79 Å².